The number of ether oxygens (including phenoxy) is 1. The summed E-state index contributed by atoms with van der Waals surface area (Å²) in [6.07, 6.45) is 1.01. The fourth-order valence-electron chi connectivity index (χ4n) is 3.59. The van der Waals surface area contributed by atoms with Gasteiger partial charge in [-0.1, -0.05) is 35.5 Å². The molecule has 1 aromatic heterocycles. The van der Waals surface area contributed by atoms with Crippen molar-refractivity contribution in [1.82, 2.24) is 19.9 Å². The Morgan fingerprint density at radius 2 is 1.87 bits per heavy atom. The summed E-state index contributed by atoms with van der Waals surface area (Å²) in [6.45, 7) is 6.84. The Morgan fingerprint density at radius 1 is 1.06 bits per heavy atom. The van der Waals surface area contributed by atoms with Gasteiger partial charge in [0.1, 0.15) is 5.75 Å². The first-order valence-electron chi connectivity index (χ1n) is 10.6. The maximum Gasteiger partial charge on any atom is 0.257 e. The average molecular weight is 438 g/mol. The number of nitrogens with one attached hydrogen (secondary N) is 1. The third-order valence-electron chi connectivity index (χ3n) is 5.16. The molecule has 2 aromatic carbocycles. The number of hydrogen-bond donors (Lipinski definition) is 1. The van der Waals surface area contributed by atoms with Gasteiger partial charge in [0.25, 0.3) is 5.89 Å². The molecule has 1 fully saturated rings. The van der Waals surface area contributed by atoms with Crippen LogP contribution in [0.25, 0.3) is 11.5 Å². The molecule has 2 heterocycles. The van der Waals surface area contributed by atoms with Crippen molar-refractivity contribution < 1.29 is 9.26 Å². The predicted molar refractivity (Wildman–Crippen MR) is 125 cm³/mol. The predicted octanol–water partition coefficient (Wildman–Crippen LogP) is 4.04. The highest BCUT2D eigenvalue weighted by molar-refractivity contribution is 7.80. The average Bonchev–Trinajstić information content (AvgIpc) is 3.13. The van der Waals surface area contributed by atoms with Gasteiger partial charge < -0.3 is 19.5 Å². The van der Waals surface area contributed by atoms with Crippen LogP contribution in [0.5, 0.6) is 5.75 Å². The zero-order chi connectivity index (χ0) is 21.5. The van der Waals surface area contributed by atoms with E-state index in [1.807, 2.05) is 61.5 Å². The summed E-state index contributed by atoms with van der Waals surface area (Å²) in [5, 5.41) is 8.24. The zero-order valence-electron chi connectivity index (χ0n) is 17.7. The lowest BCUT2D eigenvalue weighted by atomic mass is 10.2. The third kappa shape index (κ3) is 5.59. The number of benzene rings is 2. The van der Waals surface area contributed by atoms with Crippen molar-refractivity contribution in [3.8, 4) is 17.2 Å². The van der Waals surface area contributed by atoms with Gasteiger partial charge >= 0.3 is 0 Å². The molecule has 0 radical (unpaired) electrons. The second-order valence-corrected chi connectivity index (χ2v) is 7.74. The van der Waals surface area contributed by atoms with Crippen molar-refractivity contribution in [1.29, 1.82) is 0 Å². The summed E-state index contributed by atoms with van der Waals surface area (Å²) in [5.41, 5.74) is 1.84. The van der Waals surface area contributed by atoms with Crippen molar-refractivity contribution in [2.24, 2.45) is 0 Å². The van der Waals surface area contributed by atoms with Crippen LogP contribution < -0.4 is 10.1 Å². The van der Waals surface area contributed by atoms with E-state index in [0.717, 1.165) is 54.7 Å². The monoisotopic (exact) mass is 437 g/mol. The first kappa shape index (κ1) is 21.3. The van der Waals surface area contributed by atoms with Crippen LogP contribution in [0.15, 0.2) is 59.1 Å². The van der Waals surface area contributed by atoms with E-state index in [2.05, 4.69) is 25.3 Å². The Balaban J connectivity index is 1.32. The van der Waals surface area contributed by atoms with Crippen LogP contribution in [0.3, 0.4) is 0 Å². The van der Waals surface area contributed by atoms with Crippen LogP contribution in [-0.2, 0) is 6.54 Å². The maximum absolute atomic E-state index is 5.70. The topological polar surface area (TPSA) is 66.7 Å². The lowest BCUT2D eigenvalue weighted by Gasteiger charge is -2.25. The van der Waals surface area contributed by atoms with Gasteiger partial charge in [-0.05, 0) is 49.8 Å². The molecule has 1 aliphatic heterocycles. The van der Waals surface area contributed by atoms with Crippen LogP contribution in [0, 0.1) is 0 Å². The first-order valence-corrected chi connectivity index (χ1v) is 11.0. The van der Waals surface area contributed by atoms with Gasteiger partial charge in [0, 0.05) is 31.7 Å². The van der Waals surface area contributed by atoms with Crippen LogP contribution >= 0.6 is 12.2 Å². The molecule has 0 saturated carbocycles. The number of hydrogen-bond acceptors (Lipinski definition) is 6. The van der Waals surface area contributed by atoms with E-state index in [4.69, 9.17) is 21.5 Å². The quantitative estimate of drug-likeness (QED) is 0.580. The van der Waals surface area contributed by atoms with Crippen molar-refractivity contribution >= 4 is 23.0 Å². The number of aromatic nitrogens is 2. The Kier molecular flexibility index (Phi) is 7.11. The molecule has 31 heavy (non-hydrogen) atoms. The second kappa shape index (κ2) is 10.4. The minimum atomic E-state index is 0.561. The van der Waals surface area contributed by atoms with Crippen LogP contribution in [0.1, 0.15) is 19.2 Å². The third-order valence-corrected chi connectivity index (χ3v) is 5.52. The molecule has 4 rings (SSSR count). The molecule has 3 aromatic rings. The number of anilines is 1. The molecular formula is C23H27N5O2S. The number of thiocarbonyl (C=S) groups is 1. The number of rotatable bonds is 6. The molecule has 0 atom stereocenters. The normalized spacial score (nSPS) is 14.8. The molecule has 0 spiro atoms. The molecule has 1 saturated heterocycles. The zero-order valence-corrected chi connectivity index (χ0v) is 18.5. The van der Waals surface area contributed by atoms with Crippen LogP contribution in [-0.4, -0.2) is 57.8 Å². The second-order valence-electron chi connectivity index (χ2n) is 7.36. The molecule has 1 N–H and O–H groups in total. The molecule has 0 aliphatic carbocycles. The van der Waals surface area contributed by atoms with Gasteiger partial charge in [0.15, 0.2) is 10.9 Å². The van der Waals surface area contributed by atoms with Crippen molar-refractivity contribution in [2.75, 3.05) is 38.1 Å². The van der Waals surface area contributed by atoms with E-state index in [1.165, 1.54) is 0 Å². The van der Waals surface area contributed by atoms with Crippen LogP contribution in [0.4, 0.5) is 5.69 Å². The van der Waals surface area contributed by atoms with Crippen molar-refractivity contribution in [3.63, 3.8) is 0 Å². The van der Waals surface area contributed by atoms with Crippen molar-refractivity contribution in [2.45, 2.75) is 19.9 Å². The first-order chi connectivity index (χ1) is 15.2. The van der Waals surface area contributed by atoms with E-state index >= 15 is 0 Å². The smallest absolute Gasteiger partial charge is 0.257 e. The highest BCUT2D eigenvalue weighted by Crippen LogP contribution is 2.24. The Hall–Kier alpha value is -2.97. The van der Waals surface area contributed by atoms with Gasteiger partial charge in [0.2, 0.25) is 0 Å². The molecule has 0 amide bonds. The van der Waals surface area contributed by atoms with E-state index < -0.39 is 0 Å². The van der Waals surface area contributed by atoms with E-state index in [1.54, 1.807) is 0 Å². The van der Waals surface area contributed by atoms with Crippen LogP contribution in [0.2, 0.25) is 0 Å². The minimum Gasteiger partial charge on any atom is -0.492 e. The lowest BCUT2D eigenvalue weighted by molar-refractivity contribution is 0.266. The van der Waals surface area contributed by atoms with Gasteiger partial charge in [0.05, 0.1) is 18.8 Å². The maximum atomic E-state index is 5.70. The van der Waals surface area contributed by atoms with Gasteiger partial charge in [-0.15, -0.1) is 0 Å². The molecule has 0 bridgehead atoms. The fraction of sp³-hybridized carbons (Fsp3) is 0.348. The summed E-state index contributed by atoms with van der Waals surface area (Å²) in [4.78, 5) is 9.11. The molecule has 8 heteroatoms. The molecule has 0 unspecified atom stereocenters. The summed E-state index contributed by atoms with van der Waals surface area (Å²) in [7, 11) is 0. The summed E-state index contributed by atoms with van der Waals surface area (Å²) in [5.74, 6) is 2.08. The molecule has 7 nitrogen and oxygen atoms in total. The SMILES string of the molecule is CCOc1ccccc1NC(=S)N1CCCN(Cc2noc(-c3ccccc3)n2)CC1. The fourth-order valence-corrected chi connectivity index (χ4v) is 3.89. The van der Waals surface area contributed by atoms with E-state index in [-0.39, 0.29) is 0 Å². The lowest BCUT2D eigenvalue weighted by Crippen LogP contribution is -2.37. The molecule has 162 valence electrons. The highest BCUT2D eigenvalue weighted by atomic mass is 32.1. The van der Waals surface area contributed by atoms with Gasteiger partial charge in [-0.25, -0.2) is 0 Å². The summed E-state index contributed by atoms with van der Waals surface area (Å²) < 4.78 is 11.1. The van der Waals surface area contributed by atoms with E-state index in [9.17, 15) is 0 Å². The summed E-state index contributed by atoms with van der Waals surface area (Å²) in [6, 6.07) is 17.7. The Morgan fingerprint density at radius 3 is 2.71 bits per heavy atom. The molecular weight excluding hydrogens is 410 g/mol. The molecule has 1 aliphatic rings. The Labute approximate surface area is 188 Å². The van der Waals surface area contributed by atoms with Gasteiger partial charge in [-0.2, -0.15) is 4.98 Å². The van der Waals surface area contributed by atoms with E-state index in [0.29, 0.717) is 24.9 Å². The summed E-state index contributed by atoms with van der Waals surface area (Å²) >= 11 is 5.69. The highest BCUT2D eigenvalue weighted by Gasteiger charge is 2.19. The van der Waals surface area contributed by atoms with Gasteiger partial charge in [-0.3, -0.25) is 4.90 Å². The number of para-hydroxylation sites is 2. The van der Waals surface area contributed by atoms with Crippen molar-refractivity contribution in [3.05, 3.63) is 60.4 Å². The standard InChI is InChI=1S/C23H27N5O2S/c1-2-29-20-12-7-6-11-19(20)24-23(31)28-14-8-13-27(15-16-28)17-21-25-22(30-26-21)18-9-4-3-5-10-18/h3-7,9-12H,2,8,13-17H2,1H3,(H,24,31). The Bertz CT molecular complexity index is 994. The largest absolute Gasteiger partial charge is 0.492 e. The number of nitrogens with zero attached hydrogens (tertiary/aromatic N) is 4. The minimum absolute atomic E-state index is 0.561.